The van der Waals surface area contributed by atoms with Gasteiger partial charge in [-0.15, -0.1) is 11.3 Å². The molecule has 1 aliphatic rings. The SMILES string of the molecule is CC(NC(=O)CN1CCNCc2ccccc21)c1cccs1. The number of nitrogens with one attached hydrogen (secondary N) is 2. The Hall–Kier alpha value is -1.85. The lowest BCUT2D eigenvalue weighted by molar-refractivity contribution is -0.120. The third kappa shape index (κ3) is 3.48. The summed E-state index contributed by atoms with van der Waals surface area (Å²) in [5.41, 5.74) is 2.41. The fraction of sp³-hybridized carbons (Fsp3) is 0.353. The van der Waals surface area contributed by atoms with E-state index in [4.69, 9.17) is 0 Å². The zero-order valence-electron chi connectivity index (χ0n) is 12.7. The molecule has 0 saturated heterocycles. The predicted molar refractivity (Wildman–Crippen MR) is 91.2 cm³/mol. The lowest BCUT2D eigenvalue weighted by Crippen LogP contribution is -2.40. The van der Waals surface area contributed by atoms with E-state index in [1.54, 1.807) is 11.3 Å². The number of amides is 1. The second-order valence-electron chi connectivity index (χ2n) is 5.53. The van der Waals surface area contributed by atoms with E-state index in [2.05, 4.69) is 33.7 Å². The number of thiophene rings is 1. The minimum Gasteiger partial charge on any atom is -0.361 e. The highest BCUT2D eigenvalue weighted by molar-refractivity contribution is 7.10. The molecule has 5 heteroatoms. The van der Waals surface area contributed by atoms with Gasteiger partial charge in [-0.25, -0.2) is 0 Å². The van der Waals surface area contributed by atoms with E-state index in [1.807, 2.05) is 30.5 Å². The molecule has 22 heavy (non-hydrogen) atoms. The van der Waals surface area contributed by atoms with Crippen LogP contribution in [0.4, 0.5) is 5.69 Å². The number of carbonyl (C=O) groups excluding carboxylic acids is 1. The van der Waals surface area contributed by atoms with Gasteiger partial charge in [-0.2, -0.15) is 0 Å². The first-order valence-electron chi connectivity index (χ1n) is 7.60. The summed E-state index contributed by atoms with van der Waals surface area (Å²) in [4.78, 5) is 15.7. The van der Waals surface area contributed by atoms with E-state index >= 15 is 0 Å². The first-order valence-corrected chi connectivity index (χ1v) is 8.48. The summed E-state index contributed by atoms with van der Waals surface area (Å²) < 4.78 is 0. The Morgan fingerprint density at radius 1 is 1.36 bits per heavy atom. The minimum atomic E-state index is 0.0628. The maximum atomic E-state index is 12.4. The van der Waals surface area contributed by atoms with Gasteiger partial charge in [0, 0.05) is 30.2 Å². The average Bonchev–Trinajstić information content (AvgIpc) is 2.98. The highest BCUT2D eigenvalue weighted by Gasteiger charge is 2.18. The van der Waals surface area contributed by atoms with Crippen LogP contribution in [0.3, 0.4) is 0 Å². The highest BCUT2D eigenvalue weighted by atomic mass is 32.1. The molecule has 1 aliphatic heterocycles. The number of fused-ring (bicyclic) bond motifs is 1. The topological polar surface area (TPSA) is 44.4 Å². The number of rotatable bonds is 4. The van der Waals surface area contributed by atoms with Gasteiger partial charge in [-0.3, -0.25) is 4.79 Å². The summed E-state index contributed by atoms with van der Waals surface area (Å²) in [6.07, 6.45) is 0. The van der Waals surface area contributed by atoms with Crippen molar-refractivity contribution in [3.8, 4) is 0 Å². The predicted octanol–water partition coefficient (Wildman–Crippen LogP) is 2.54. The number of hydrogen-bond acceptors (Lipinski definition) is 4. The molecule has 3 rings (SSSR count). The first kappa shape index (κ1) is 15.1. The number of hydrogen-bond donors (Lipinski definition) is 2. The van der Waals surface area contributed by atoms with E-state index < -0.39 is 0 Å². The van der Waals surface area contributed by atoms with Crippen LogP contribution in [0.1, 0.15) is 23.4 Å². The van der Waals surface area contributed by atoms with Crippen LogP contribution in [-0.2, 0) is 11.3 Å². The summed E-state index contributed by atoms with van der Waals surface area (Å²) >= 11 is 1.67. The Labute approximate surface area is 135 Å². The minimum absolute atomic E-state index is 0.0628. The molecule has 0 spiro atoms. The van der Waals surface area contributed by atoms with Gasteiger partial charge >= 0.3 is 0 Å². The van der Waals surface area contributed by atoms with Gasteiger partial charge in [0.1, 0.15) is 0 Å². The van der Waals surface area contributed by atoms with Crippen LogP contribution in [0.5, 0.6) is 0 Å². The lowest BCUT2D eigenvalue weighted by Gasteiger charge is -2.24. The number of carbonyl (C=O) groups is 1. The van der Waals surface area contributed by atoms with Gasteiger partial charge in [0.25, 0.3) is 0 Å². The molecule has 0 radical (unpaired) electrons. The van der Waals surface area contributed by atoms with Crippen molar-refractivity contribution in [3.05, 3.63) is 52.2 Å². The number of para-hydroxylation sites is 1. The highest BCUT2D eigenvalue weighted by Crippen LogP contribution is 2.22. The summed E-state index contributed by atoms with van der Waals surface area (Å²) in [5.74, 6) is 0.0672. The van der Waals surface area contributed by atoms with Crippen LogP contribution in [0.25, 0.3) is 0 Å². The second-order valence-corrected chi connectivity index (χ2v) is 6.51. The van der Waals surface area contributed by atoms with Gasteiger partial charge in [0.05, 0.1) is 12.6 Å². The van der Waals surface area contributed by atoms with Crippen LogP contribution < -0.4 is 15.5 Å². The van der Waals surface area contributed by atoms with E-state index in [9.17, 15) is 4.79 Å². The maximum absolute atomic E-state index is 12.4. The van der Waals surface area contributed by atoms with Crippen molar-refractivity contribution in [1.29, 1.82) is 0 Å². The molecule has 1 amide bonds. The Balaban J connectivity index is 1.66. The van der Waals surface area contributed by atoms with Crippen LogP contribution >= 0.6 is 11.3 Å². The van der Waals surface area contributed by atoms with E-state index in [1.165, 1.54) is 10.4 Å². The normalized spacial score (nSPS) is 15.8. The van der Waals surface area contributed by atoms with Crippen molar-refractivity contribution in [2.45, 2.75) is 19.5 Å². The first-order chi connectivity index (χ1) is 10.7. The van der Waals surface area contributed by atoms with Crippen LogP contribution in [0.15, 0.2) is 41.8 Å². The molecular formula is C17H21N3OS. The van der Waals surface area contributed by atoms with Crippen molar-refractivity contribution in [3.63, 3.8) is 0 Å². The monoisotopic (exact) mass is 315 g/mol. The standard InChI is InChI=1S/C17H21N3OS/c1-13(16-7-4-10-22-16)19-17(21)12-20-9-8-18-11-14-5-2-3-6-15(14)20/h2-7,10,13,18H,8-9,11-12H2,1H3,(H,19,21). The van der Waals surface area contributed by atoms with Crippen LogP contribution in [0, 0.1) is 0 Å². The zero-order chi connectivity index (χ0) is 15.4. The zero-order valence-corrected chi connectivity index (χ0v) is 13.5. The Bertz CT molecular complexity index is 627. The Morgan fingerprint density at radius 3 is 3.05 bits per heavy atom. The molecule has 0 bridgehead atoms. The number of benzene rings is 1. The molecule has 1 aromatic carbocycles. The molecule has 0 saturated carbocycles. The molecule has 1 atom stereocenters. The van der Waals surface area contributed by atoms with Gasteiger partial charge in [-0.1, -0.05) is 24.3 Å². The number of anilines is 1. The average molecular weight is 315 g/mol. The third-order valence-corrected chi connectivity index (χ3v) is 4.94. The summed E-state index contributed by atoms with van der Waals surface area (Å²) in [5, 5.41) is 8.52. The molecule has 1 unspecified atom stereocenters. The molecule has 4 nitrogen and oxygen atoms in total. The molecule has 0 fully saturated rings. The molecule has 116 valence electrons. The van der Waals surface area contributed by atoms with E-state index in [-0.39, 0.29) is 11.9 Å². The second kappa shape index (κ2) is 6.94. The van der Waals surface area contributed by atoms with Crippen molar-refractivity contribution < 1.29 is 4.79 Å². The fourth-order valence-corrected chi connectivity index (χ4v) is 3.49. The molecule has 2 heterocycles. The summed E-state index contributed by atoms with van der Waals surface area (Å²) in [6.45, 7) is 5.02. The third-order valence-electron chi connectivity index (χ3n) is 3.89. The molecule has 2 N–H and O–H groups in total. The maximum Gasteiger partial charge on any atom is 0.240 e. The fourth-order valence-electron chi connectivity index (χ4n) is 2.76. The lowest BCUT2D eigenvalue weighted by atomic mass is 10.1. The van der Waals surface area contributed by atoms with E-state index in [0.29, 0.717) is 6.54 Å². The van der Waals surface area contributed by atoms with Crippen molar-refractivity contribution in [1.82, 2.24) is 10.6 Å². The van der Waals surface area contributed by atoms with Crippen LogP contribution in [0.2, 0.25) is 0 Å². The van der Waals surface area contributed by atoms with Crippen molar-refractivity contribution >= 4 is 22.9 Å². The van der Waals surface area contributed by atoms with E-state index in [0.717, 1.165) is 25.3 Å². The molecular weight excluding hydrogens is 294 g/mol. The van der Waals surface area contributed by atoms with Crippen LogP contribution in [-0.4, -0.2) is 25.5 Å². The summed E-state index contributed by atoms with van der Waals surface area (Å²) in [7, 11) is 0. The largest absolute Gasteiger partial charge is 0.361 e. The smallest absolute Gasteiger partial charge is 0.240 e. The quantitative estimate of drug-likeness (QED) is 0.911. The molecule has 0 aliphatic carbocycles. The Morgan fingerprint density at radius 2 is 2.23 bits per heavy atom. The molecule has 2 aromatic rings. The van der Waals surface area contributed by atoms with Crippen molar-refractivity contribution in [2.75, 3.05) is 24.5 Å². The summed E-state index contributed by atoms with van der Waals surface area (Å²) in [6, 6.07) is 12.4. The number of nitrogens with zero attached hydrogens (tertiary/aromatic N) is 1. The van der Waals surface area contributed by atoms with Gasteiger partial charge in [-0.05, 0) is 30.0 Å². The molecule has 1 aromatic heterocycles. The van der Waals surface area contributed by atoms with Crippen molar-refractivity contribution in [2.24, 2.45) is 0 Å². The van der Waals surface area contributed by atoms with Gasteiger partial charge < -0.3 is 15.5 Å². The van der Waals surface area contributed by atoms with Gasteiger partial charge in [0.2, 0.25) is 5.91 Å². The van der Waals surface area contributed by atoms with Gasteiger partial charge in [0.15, 0.2) is 0 Å². The Kier molecular flexibility index (Phi) is 4.75.